The fourth-order valence-electron chi connectivity index (χ4n) is 2.91. The van der Waals surface area contributed by atoms with Gasteiger partial charge in [0.25, 0.3) is 0 Å². The molecule has 0 fully saturated rings. The van der Waals surface area contributed by atoms with Crippen molar-refractivity contribution in [2.45, 2.75) is 57.6 Å². The number of rotatable bonds is 3. The molecule has 1 aromatic carbocycles. The van der Waals surface area contributed by atoms with Crippen molar-refractivity contribution in [1.82, 2.24) is 5.32 Å². The highest BCUT2D eigenvalue weighted by Gasteiger charge is 2.34. The fourth-order valence-corrected chi connectivity index (χ4v) is 2.91. The molecule has 0 aromatic heterocycles. The van der Waals surface area contributed by atoms with Crippen LogP contribution in [0, 0.1) is 0 Å². The predicted molar refractivity (Wildman–Crippen MR) is 82.9 cm³/mol. The minimum Gasteiger partial charge on any atom is -0.480 e. The largest absolute Gasteiger partial charge is 0.480 e. The van der Waals surface area contributed by atoms with E-state index in [0.29, 0.717) is 0 Å². The number of benzene rings is 1. The van der Waals surface area contributed by atoms with Gasteiger partial charge < -0.3 is 15.2 Å². The number of aryl methyl sites for hydroxylation is 1. The van der Waals surface area contributed by atoms with Crippen molar-refractivity contribution in [3.63, 3.8) is 0 Å². The molecule has 0 radical (unpaired) electrons. The van der Waals surface area contributed by atoms with Crippen molar-refractivity contribution in [3.05, 3.63) is 35.4 Å². The van der Waals surface area contributed by atoms with Gasteiger partial charge in [-0.25, -0.2) is 9.59 Å². The average Bonchev–Trinajstić information content (AvgIpc) is 2.42. The van der Waals surface area contributed by atoms with Crippen LogP contribution < -0.4 is 5.32 Å². The third kappa shape index (κ3) is 4.00. The second-order valence-electron chi connectivity index (χ2n) is 6.66. The first-order chi connectivity index (χ1) is 10.3. The van der Waals surface area contributed by atoms with Gasteiger partial charge in [0.15, 0.2) is 0 Å². The molecular weight excluding hydrogens is 282 g/mol. The van der Waals surface area contributed by atoms with E-state index in [1.54, 1.807) is 20.8 Å². The zero-order valence-electron chi connectivity index (χ0n) is 13.3. The third-order valence-electron chi connectivity index (χ3n) is 3.76. The molecule has 5 nitrogen and oxygen atoms in total. The van der Waals surface area contributed by atoms with Gasteiger partial charge in [0.2, 0.25) is 0 Å². The van der Waals surface area contributed by atoms with Crippen LogP contribution in [0.25, 0.3) is 0 Å². The highest BCUT2D eigenvalue weighted by molar-refractivity contribution is 5.81. The highest BCUT2D eigenvalue weighted by Crippen LogP contribution is 2.34. The van der Waals surface area contributed by atoms with Gasteiger partial charge in [-0.05, 0) is 51.2 Å². The summed E-state index contributed by atoms with van der Waals surface area (Å²) in [6.45, 7) is 5.24. The van der Waals surface area contributed by atoms with Crippen LogP contribution in [0.4, 0.5) is 4.79 Å². The van der Waals surface area contributed by atoms with Crippen LogP contribution in [0.2, 0.25) is 0 Å². The minimum atomic E-state index is -1.03. The molecule has 0 aliphatic heterocycles. The van der Waals surface area contributed by atoms with E-state index < -0.39 is 23.7 Å². The van der Waals surface area contributed by atoms with Crippen molar-refractivity contribution in [2.24, 2.45) is 0 Å². The van der Waals surface area contributed by atoms with E-state index in [-0.39, 0.29) is 5.92 Å². The van der Waals surface area contributed by atoms with E-state index in [9.17, 15) is 14.7 Å². The van der Waals surface area contributed by atoms with Gasteiger partial charge in [-0.15, -0.1) is 0 Å². The number of amides is 1. The summed E-state index contributed by atoms with van der Waals surface area (Å²) in [5.74, 6) is -1.26. The molecule has 0 unspecified atom stereocenters. The summed E-state index contributed by atoms with van der Waals surface area (Å²) >= 11 is 0. The average molecular weight is 305 g/mol. The zero-order chi connectivity index (χ0) is 16.3. The molecule has 1 aliphatic carbocycles. The molecule has 0 spiro atoms. The van der Waals surface area contributed by atoms with Crippen molar-refractivity contribution in [2.75, 3.05) is 0 Å². The Morgan fingerprint density at radius 3 is 2.64 bits per heavy atom. The number of aliphatic carboxylic acids is 1. The molecule has 2 atom stereocenters. The van der Waals surface area contributed by atoms with Gasteiger partial charge in [-0.2, -0.15) is 0 Å². The topological polar surface area (TPSA) is 75.6 Å². The maximum Gasteiger partial charge on any atom is 0.408 e. The first-order valence-corrected chi connectivity index (χ1v) is 7.58. The van der Waals surface area contributed by atoms with Gasteiger partial charge in [0.1, 0.15) is 11.6 Å². The smallest absolute Gasteiger partial charge is 0.408 e. The zero-order valence-corrected chi connectivity index (χ0v) is 13.3. The SMILES string of the molecule is CC(C)(C)OC(=O)N[C@H](C(=O)O)[C@H]1CCCc2ccccc21. The Kier molecular flexibility index (Phi) is 4.74. The number of carboxylic acids is 1. The Balaban J connectivity index is 2.19. The maximum atomic E-state index is 11.9. The van der Waals surface area contributed by atoms with Crippen molar-refractivity contribution < 1.29 is 19.4 Å². The normalized spacial score (nSPS) is 19.0. The number of carbonyl (C=O) groups is 2. The van der Waals surface area contributed by atoms with Crippen LogP contribution in [0.15, 0.2) is 24.3 Å². The second kappa shape index (κ2) is 6.38. The van der Waals surface area contributed by atoms with Gasteiger partial charge >= 0.3 is 12.1 Å². The lowest BCUT2D eigenvalue weighted by Gasteiger charge is -2.31. The van der Waals surface area contributed by atoms with Crippen LogP contribution in [-0.4, -0.2) is 28.8 Å². The van der Waals surface area contributed by atoms with Gasteiger partial charge in [-0.1, -0.05) is 24.3 Å². The van der Waals surface area contributed by atoms with E-state index in [2.05, 4.69) is 5.32 Å². The summed E-state index contributed by atoms with van der Waals surface area (Å²) in [6.07, 6.45) is 1.92. The first kappa shape index (κ1) is 16.3. The number of hydrogen-bond acceptors (Lipinski definition) is 3. The van der Waals surface area contributed by atoms with E-state index >= 15 is 0 Å². The predicted octanol–water partition coefficient (Wildman–Crippen LogP) is 3.08. The Morgan fingerprint density at radius 2 is 2.00 bits per heavy atom. The number of carboxylic acid groups (broad SMARTS) is 1. The number of alkyl carbamates (subject to hydrolysis) is 1. The molecule has 0 saturated heterocycles. The number of carbonyl (C=O) groups excluding carboxylic acids is 1. The molecule has 0 saturated carbocycles. The van der Waals surface area contributed by atoms with Crippen LogP contribution >= 0.6 is 0 Å². The van der Waals surface area contributed by atoms with Gasteiger partial charge in [-0.3, -0.25) is 0 Å². The molecule has 1 aliphatic rings. The molecule has 120 valence electrons. The van der Waals surface area contributed by atoms with E-state index in [1.807, 2.05) is 24.3 Å². The summed E-state index contributed by atoms with van der Waals surface area (Å²) < 4.78 is 5.18. The number of nitrogens with one attached hydrogen (secondary N) is 1. The summed E-state index contributed by atoms with van der Waals surface area (Å²) in [6, 6.07) is 6.86. The number of hydrogen-bond donors (Lipinski definition) is 2. The molecule has 5 heteroatoms. The van der Waals surface area contributed by atoms with E-state index in [1.165, 1.54) is 0 Å². The number of fused-ring (bicyclic) bond motifs is 1. The first-order valence-electron chi connectivity index (χ1n) is 7.58. The Hall–Kier alpha value is -2.04. The lowest BCUT2D eigenvalue weighted by atomic mass is 9.79. The molecule has 0 heterocycles. The van der Waals surface area contributed by atoms with Crippen LogP contribution in [-0.2, 0) is 16.0 Å². The van der Waals surface area contributed by atoms with Crippen molar-refractivity contribution in [3.8, 4) is 0 Å². The van der Waals surface area contributed by atoms with Crippen LogP contribution in [0.3, 0.4) is 0 Å². The standard InChI is InChI=1S/C17H23NO4/c1-17(2,3)22-16(21)18-14(15(19)20)13-10-6-8-11-7-4-5-9-12(11)13/h4-5,7,9,13-14H,6,8,10H2,1-3H3,(H,18,21)(H,19,20)/t13-,14-/m0/s1. The lowest BCUT2D eigenvalue weighted by molar-refractivity contribution is -0.140. The third-order valence-corrected chi connectivity index (χ3v) is 3.76. The molecular formula is C17H23NO4. The summed E-state index contributed by atoms with van der Waals surface area (Å²) in [5, 5.41) is 12.1. The van der Waals surface area contributed by atoms with Gasteiger partial charge in [0.05, 0.1) is 0 Å². The molecule has 0 bridgehead atoms. The van der Waals surface area contributed by atoms with Crippen LogP contribution in [0.1, 0.15) is 50.7 Å². The Bertz CT molecular complexity index is 562. The molecule has 1 amide bonds. The van der Waals surface area contributed by atoms with E-state index in [0.717, 1.165) is 30.4 Å². The molecule has 1 aromatic rings. The monoisotopic (exact) mass is 305 g/mol. The van der Waals surface area contributed by atoms with Gasteiger partial charge in [0, 0.05) is 5.92 Å². The fraction of sp³-hybridized carbons (Fsp3) is 0.529. The Morgan fingerprint density at radius 1 is 1.32 bits per heavy atom. The molecule has 22 heavy (non-hydrogen) atoms. The maximum absolute atomic E-state index is 11.9. The second-order valence-corrected chi connectivity index (χ2v) is 6.66. The summed E-state index contributed by atoms with van der Waals surface area (Å²) in [5.41, 5.74) is 1.52. The quantitative estimate of drug-likeness (QED) is 0.900. The summed E-state index contributed by atoms with van der Waals surface area (Å²) in [4.78, 5) is 23.6. The van der Waals surface area contributed by atoms with E-state index in [4.69, 9.17) is 4.74 Å². The number of ether oxygens (including phenoxy) is 1. The molecule has 2 N–H and O–H groups in total. The Labute approximate surface area is 130 Å². The molecule has 2 rings (SSSR count). The highest BCUT2D eigenvalue weighted by atomic mass is 16.6. The van der Waals surface area contributed by atoms with Crippen molar-refractivity contribution >= 4 is 12.1 Å². The lowest BCUT2D eigenvalue weighted by Crippen LogP contribution is -2.47. The summed E-state index contributed by atoms with van der Waals surface area (Å²) in [7, 11) is 0. The van der Waals surface area contributed by atoms with Crippen molar-refractivity contribution in [1.29, 1.82) is 0 Å². The van der Waals surface area contributed by atoms with Crippen LogP contribution in [0.5, 0.6) is 0 Å². The minimum absolute atomic E-state index is 0.227.